The second-order valence-electron chi connectivity index (χ2n) is 7.90. The minimum absolute atomic E-state index is 0.154. The van der Waals surface area contributed by atoms with Crippen LogP contribution in [0, 0.1) is 5.92 Å². The molecule has 0 saturated carbocycles. The molecule has 1 amide bonds. The number of benzene rings is 2. The number of aryl methyl sites for hydroxylation is 1. The number of amides is 1. The summed E-state index contributed by atoms with van der Waals surface area (Å²) in [7, 11) is 0. The number of carbonyl (C=O) groups is 1. The summed E-state index contributed by atoms with van der Waals surface area (Å²) in [5.74, 6) is 1.76. The molecule has 1 fully saturated rings. The maximum atomic E-state index is 12.5. The van der Waals surface area contributed by atoms with Gasteiger partial charge in [-0.1, -0.05) is 18.5 Å². The number of hydrogen-bond acceptors (Lipinski definition) is 3. The van der Waals surface area contributed by atoms with Crippen LogP contribution in [0.1, 0.15) is 42.9 Å². The van der Waals surface area contributed by atoms with Gasteiger partial charge in [0.25, 0.3) is 5.91 Å². The van der Waals surface area contributed by atoms with Gasteiger partial charge in [-0.05, 0) is 81.2 Å². The van der Waals surface area contributed by atoms with Crippen LogP contribution in [-0.2, 0) is 13.1 Å². The zero-order valence-corrected chi connectivity index (χ0v) is 17.7. The molecule has 4 rings (SSSR count). The summed E-state index contributed by atoms with van der Waals surface area (Å²) < 4.78 is 2.28. The Bertz CT molecular complexity index is 1000. The fourth-order valence-electron chi connectivity index (χ4n) is 3.96. The van der Waals surface area contributed by atoms with Gasteiger partial charge in [-0.3, -0.25) is 9.69 Å². The van der Waals surface area contributed by atoms with Gasteiger partial charge in [-0.15, -0.1) is 0 Å². The van der Waals surface area contributed by atoms with Gasteiger partial charge in [0.15, 0.2) is 0 Å². The van der Waals surface area contributed by atoms with E-state index in [4.69, 9.17) is 16.6 Å². The monoisotopic (exact) mass is 410 g/mol. The predicted octanol–water partition coefficient (Wildman–Crippen LogP) is 5.19. The summed E-state index contributed by atoms with van der Waals surface area (Å²) in [6.45, 7) is 8.51. The number of anilines is 1. The van der Waals surface area contributed by atoms with Crippen molar-refractivity contribution in [2.75, 3.05) is 18.4 Å². The van der Waals surface area contributed by atoms with E-state index < -0.39 is 0 Å². The highest BCUT2D eigenvalue weighted by Crippen LogP contribution is 2.24. The van der Waals surface area contributed by atoms with Crippen LogP contribution in [-0.4, -0.2) is 33.4 Å². The number of piperidine rings is 1. The van der Waals surface area contributed by atoms with Gasteiger partial charge in [-0.2, -0.15) is 0 Å². The van der Waals surface area contributed by atoms with Gasteiger partial charge in [0, 0.05) is 22.8 Å². The van der Waals surface area contributed by atoms with E-state index in [-0.39, 0.29) is 5.91 Å². The van der Waals surface area contributed by atoms with Gasteiger partial charge in [0.2, 0.25) is 0 Å². The van der Waals surface area contributed by atoms with Crippen LogP contribution in [0.4, 0.5) is 5.69 Å². The molecule has 1 N–H and O–H groups in total. The Balaban J connectivity index is 1.54. The van der Waals surface area contributed by atoms with Crippen molar-refractivity contribution in [3.05, 3.63) is 58.9 Å². The number of hydrogen-bond donors (Lipinski definition) is 1. The quantitative estimate of drug-likeness (QED) is 0.629. The Kier molecular flexibility index (Phi) is 5.88. The smallest absolute Gasteiger partial charge is 0.255 e. The first-order valence-corrected chi connectivity index (χ1v) is 10.7. The van der Waals surface area contributed by atoms with E-state index in [1.54, 1.807) is 24.3 Å². The molecule has 1 aliphatic heterocycles. The average Bonchev–Trinajstić information content (AvgIpc) is 3.06. The molecule has 1 aromatic heterocycles. The second kappa shape index (κ2) is 8.56. The summed E-state index contributed by atoms with van der Waals surface area (Å²) in [5, 5.41) is 3.58. The van der Waals surface area contributed by atoms with Crippen molar-refractivity contribution in [1.29, 1.82) is 0 Å². The number of carbonyl (C=O) groups excluding carboxylic acids is 1. The molecule has 29 heavy (non-hydrogen) atoms. The molecule has 0 aliphatic carbocycles. The molecule has 0 bridgehead atoms. The van der Waals surface area contributed by atoms with E-state index >= 15 is 0 Å². The van der Waals surface area contributed by atoms with Crippen molar-refractivity contribution in [3.63, 3.8) is 0 Å². The van der Waals surface area contributed by atoms with Crippen molar-refractivity contribution >= 4 is 34.2 Å². The minimum Gasteiger partial charge on any atom is -0.327 e. The molecule has 0 spiro atoms. The second-order valence-corrected chi connectivity index (χ2v) is 8.33. The number of aromatic nitrogens is 2. The molecule has 152 valence electrons. The third kappa shape index (κ3) is 4.46. The Morgan fingerprint density at radius 2 is 1.90 bits per heavy atom. The Hall–Kier alpha value is -2.37. The molecule has 5 nitrogen and oxygen atoms in total. The van der Waals surface area contributed by atoms with Gasteiger partial charge >= 0.3 is 0 Å². The largest absolute Gasteiger partial charge is 0.327 e. The van der Waals surface area contributed by atoms with Crippen molar-refractivity contribution in [1.82, 2.24) is 14.5 Å². The Morgan fingerprint density at radius 3 is 2.59 bits per heavy atom. The number of nitrogens with zero attached hydrogens (tertiary/aromatic N) is 3. The van der Waals surface area contributed by atoms with E-state index in [0.29, 0.717) is 10.6 Å². The maximum Gasteiger partial charge on any atom is 0.255 e. The lowest BCUT2D eigenvalue weighted by atomic mass is 9.99. The van der Waals surface area contributed by atoms with Gasteiger partial charge in [0.05, 0.1) is 17.6 Å². The van der Waals surface area contributed by atoms with Crippen molar-refractivity contribution < 1.29 is 4.79 Å². The number of nitrogens with one attached hydrogen (secondary N) is 1. The summed E-state index contributed by atoms with van der Waals surface area (Å²) in [6.07, 6.45) is 2.51. The zero-order chi connectivity index (χ0) is 20.4. The van der Waals surface area contributed by atoms with Crippen LogP contribution in [0.3, 0.4) is 0 Å². The van der Waals surface area contributed by atoms with E-state index in [1.165, 1.54) is 12.8 Å². The molecule has 2 heterocycles. The van der Waals surface area contributed by atoms with Gasteiger partial charge in [-0.25, -0.2) is 4.98 Å². The molecular formula is C23H27ClN4O. The molecule has 0 radical (unpaired) electrons. The predicted molar refractivity (Wildman–Crippen MR) is 118 cm³/mol. The first kappa shape index (κ1) is 19.9. The van der Waals surface area contributed by atoms with E-state index in [1.807, 2.05) is 18.2 Å². The van der Waals surface area contributed by atoms with Gasteiger partial charge in [0.1, 0.15) is 5.82 Å². The van der Waals surface area contributed by atoms with E-state index in [2.05, 4.69) is 28.6 Å². The summed E-state index contributed by atoms with van der Waals surface area (Å²) in [4.78, 5) is 19.9. The molecule has 1 aliphatic rings. The number of rotatable bonds is 5. The zero-order valence-electron chi connectivity index (χ0n) is 17.0. The lowest BCUT2D eigenvalue weighted by Crippen LogP contribution is -2.33. The molecule has 0 unspecified atom stereocenters. The first-order chi connectivity index (χ1) is 14.0. The van der Waals surface area contributed by atoms with Crippen molar-refractivity contribution in [3.8, 4) is 0 Å². The molecule has 1 saturated heterocycles. The van der Waals surface area contributed by atoms with Crippen LogP contribution < -0.4 is 5.32 Å². The Morgan fingerprint density at radius 1 is 1.17 bits per heavy atom. The highest BCUT2D eigenvalue weighted by atomic mass is 35.5. The van der Waals surface area contributed by atoms with Crippen molar-refractivity contribution in [2.24, 2.45) is 5.92 Å². The third-order valence-electron chi connectivity index (χ3n) is 5.75. The number of halogens is 1. The number of imidazole rings is 1. The molecular weight excluding hydrogens is 384 g/mol. The van der Waals surface area contributed by atoms with Crippen LogP contribution in [0.25, 0.3) is 11.0 Å². The normalized spacial score (nSPS) is 15.7. The minimum atomic E-state index is -0.154. The lowest BCUT2D eigenvalue weighted by molar-refractivity contribution is 0.102. The number of likely N-dealkylation sites (tertiary alicyclic amines) is 1. The van der Waals surface area contributed by atoms with Gasteiger partial charge < -0.3 is 9.88 Å². The number of fused-ring (bicyclic) bond motifs is 1. The SMILES string of the molecule is CCn1c(CN2CCC(C)CC2)nc2cc(NC(=O)c3ccc(Cl)cc3)ccc21. The highest BCUT2D eigenvalue weighted by molar-refractivity contribution is 6.30. The van der Waals surface area contributed by atoms with Crippen LogP contribution in [0.15, 0.2) is 42.5 Å². The van der Waals surface area contributed by atoms with Crippen LogP contribution in [0.5, 0.6) is 0 Å². The maximum absolute atomic E-state index is 12.5. The summed E-state index contributed by atoms with van der Waals surface area (Å²) in [6, 6.07) is 12.8. The Labute approximate surface area is 176 Å². The highest BCUT2D eigenvalue weighted by Gasteiger charge is 2.19. The summed E-state index contributed by atoms with van der Waals surface area (Å²) in [5.41, 5.74) is 3.35. The summed E-state index contributed by atoms with van der Waals surface area (Å²) >= 11 is 5.90. The average molecular weight is 411 g/mol. The van der Waals surface area contributed by atoms with Crippen LogP contribution in [0.2, 0.25) is 5.02 Å². The fraction of sp³-hybridized carbons (Fsp3) is 0.391. The lowest BCUT2D eigenvalue weighted by Gasteiger charge is -2.29. The van der Waals surface area contributed by atoms with E-state index in [9.17, 15) is 4.79 Å². The topological polar surface area (TPSA) is 50.2 Å². The molecule has 3 aromatic rings. The molecule has 6 heteroatoms. The van der Waals surface area contributed by atoms with Crippen LogP contribution >= 0.6 is 11.6 Å². The standard InChI is InChI=1S/C23H27ClN4O/c1-3-28-21-9-8-19(25-23(29)17-4-6-18(24)7-5-17)14-20(21)26-22(28)15-27-12-10-16(2)11-13-27/h4-9,14,16H,3,10-13,15H2,1-2H3,(H,25,29). The van der Waals surface area contributed by atoms with Crippen molar-refractivity contribution in [2.45, 2.75) is 39.8 Å². The molecule has 0 atom stereocenters. The first-order valence-electron chi connectivity index (χ1n) is 10.3. The van der Waals surface area contributed by atoms with E-state index in [0.717, 1.165) is 54.6 Å². The third-order valence-corrected chi connectivity index (χ3v) is 6.00. The molecule has 2 aromatic carbocycles. The fourth-order valence-corrected chi connectivity index (χ4v) is 4.08.